The van der Waals surface area contributed by atoms with Crippen molar-refractivity contribution in [2.45, 2.75) is 19.4 Å². The van der Waals surface area contributed by atoms with E-state index in [9.17, 15) is 9.90 Å². The lowest BCUT2D eigenvalue weighted by atomic mass is 10.3. The molecule has 6 heteroatoms. The number of methoxy groups -OCH3 is 1. The molecule has 0 spiro atoms. The topological polar surface area (TPSA) is 77.0 Å². The van der Waals surface area contributed by atoms with Gasteiger partial charge in [0.1, 0.15) is 24.2 Å². The van der Waals surface area contributed by atoms with E-state index in [1.54, 1.807) is 26.2 Å². The van der Waals surface area contributed by atoms with Crippen LogP contribution in [0.3, 0.4) is 0 Å². The number of hydrogen-bond donors (Lipinski definition) is 2. The molecule has 6 nitrogen and oxygen atoms in total. The van der Waals surface area contributed by atoms with Crippen LogP contribution in [0.25, 0.3) is 0 Å². The second-order valence-corrected chi connectivity index (χ2v) is 4.40. The number of rotatable bonds is 10. The number of nitrogens with one attached hydrogen (secondary N) is 1. The van der Waals surface area contributed by atoms with Crippen molar-refractivity contribution in [3.63, 3.8) is 0 Å². The van der Waals surface area contributed by atoms with Gasteiger partial charge >= 0.3 is 5.97 Å². The monoisotopic (exact) mass is 297 g/mol. The third-order valence-corrected chi connectivity index (χ3v) is 2.67. The first-order valence-corrected chi connectivity index (χ1v) is 6.97. The van der Waals surface area contributed by atoms with Crippen LogP contribution in [-0.2, 0) is 9.53 Å². The highest BCUT2D eigenvalue weighted by atomic mass is 16.5. The van der Waals surface area contributed by atoms with E-state index in [1.165, 1.54) is 0 Å². The zero-order valence-corrected chi connectivity index (χ0v) is 12.5. The molecule has 0 bridgehead atoms. The average Bonchev–Trinajstić information content (AvgIpc) is 2.50. The predicted octanol–water partition coefficient (Wildman–Crippen LogP) is 0.978. The van der Waals surface area contributed by atoms with Gasteiger partial charge in [-0.1, -0.05) is 6.07 Å². The number of esters is 1. The lowest BCUT2D eigenvalue weighted by Gasteiger charge is -2.13. The summed E-state index contributed by atoms with van der Waals surface area (Å²) < 4.78 is 15.3. The van der Waals surface area contributed by atoms with Crippen LogP contribution in [0.5, 0.6) is 11.5 Å². The molecule has 21 heavy (non-hydrogen) atoms. The summed E-state index contributed by atoms with van der Waals surface area (Å²) in [7, 11) is 1.58. The fourth-order valence-electron chi connectivity index (χ4n) is 1.63. The average molecular weight is 297 g/mol. The summed E-state index contributed by atoms with van der Waals surface area (Å²) in [5.74, 6) is 1.10. The van der Waals surface area contributed by atoms with Crippen LogP contribution in [0, 0.1) is 0 Å². The summed E-state index contributed by atoms with van der Waals surface area (Å²) in [5.41, 5.74) is 0. The van der Waals surface area contributed by atoms with Crippen LogP contribution in [0.15, 0.2) is 24.3 Å². The van der Waals surface area contributed by atoms with Crippen molar-refractivity contribution in [1.29, 1.82) is 0 Å². The molecule has 1 unspecified atom stereocenters. The second-order valence-electron chi connectivity index (χ2n) is 4.40. The largest absolute Gasteiger partial charge is 0.497 e. The molecule has 1 aromatic carbocycles. The van der Waals surface area contributed by atoms with Gasteiger partial charge in [0.15, 0.2) is 0 Å². The molecular weight excluding hydrogens is 274 g/mol. The maximum absolute atomic E-state index is 11.1. The van der Waals surface area contributed by atoms with Crippen LogP contribution in [0.4, 0.5) is 0 Å². The normalized spacial score (nSPS) is 11.8. The summed E-state index contributed by atoms with van der Waals surface area (Å²) in [5, 5.41) is 12.7. The molecular formula is C15H23NO5. The molecule has 0 radical (unpaired) electrons. The molecule has 0 heterocycles. The van der Waals surface area contributed by atoms with Gasteiger partial charge in [0.2, 0.25) is 0 Å². The lowest BCUT2D eigenvalue weighted by molar-refractivity contribution is -0.143. The Hall–Kier alpha value is -1.79. The lowest BCUT2D eigenvalue weighted by Crippen LogP contribution is -2.32. The fraction of sp³-hybridized carbons (Fsp3) is 0.533. The van der Waals surface area contributed by atoms with E-state index in [2.05, 4.69) is 5.32 Å². The summed E-state index contributed by atoms with van der Waals surface area (Å²) in [6.45, 7) is 3.14. The van der Waals surface area contributed by atoms with Gasteiger partial charge in [0.05, 0.1) is 20.1 Å². The van der Waals surface area contributed by atoms with Crippen LogP contribution >= 0.6 is 0 Å². The zero-order valence-electron chi connectivity index (χ0n) is 12.5. The Balaban J connectivity index is 2.16. The third-order valence-electron chi connectivity index (χ3n) is 2.67. The van der Waals surface area contributed by atoms with Crippen molar-refractivity contribution < 1.29 is 24.1 Å². The molecule has 0 saturated carbocycles. The molecule has 1 aromatic rings. The molecule has 0 fully saturated rings. The maximum Gasteiger partial charge on any atom is 0.307 e. The van der Waals surface area contributed by atoms with Gasteiger partial charge in [0.25, 0.3) is 0 Å². The van der Waals surface area contributed by atoms with E-state index in [1.807, 2.05) is 12.1 Å². The van der Waals surface area contributed by atoms with E-state index in [0.717, 1.165) is 0 Å². The minimum atomic E-state index is -0.654. The molecule has 2 N–H and O–H groups in total. The summed E-state index contributed by atoms with van der Waals surface area (Å²) >= 11 is 0. The molecule has 0 aliphatic rings. The molecule has 1 rings (SSSR count). The van der Waals surface area contributed by atoms with Gasteiger partial charge in [-0.25, -0.2) is 0 Å². The van der Waals surface area contributed by atoms with Crippen molar-refractivity contribution in [1.82, 2.24) is 5.32 Å². The van der Waals surface area contributed by atoms with Gasteiger partial charge in [-0.3, -0.25) is 4.79 Å². The second kappa shape index (κ2) is 10.0. The number of aliphatic hydroxyl groups excluding tert-OH is 1. The first-order chi connectivity index (χ1) is 10.2. The summed E-state index contributed by atoms with van der Waals surface area (Å²) in [6.07, 6.45) is -0.365. The number of carbonyl (C=O) groups is 1. The molecule has 0 aliphatic heterocycles. The minimum Gasteiger partial charge on any atom is -0.497 e. The summed E-state index contributed by atoms with van der Waals surface area (Å²) in [6, 6.07) is 7.18. The first kappa shape index (κ1) is 17.3. The van der Waals surface area contributed by atoms with E-state index >= 15 is 0 Å². The Morgan fingerprint density at radius 2 is 2.14 bits per heavy atom. The van der Waals surface area contributed by atoms with Gasteiger partial charge in [-0.2, -0.15) is 0 Å². The summed E-state index contributed by atoms with van der Waals surface area (Å²) in [4.78, 5) is 11.1. The van der Waals surface area contributed by atoms with Crippen molar-refractivity contribution in [2.24, 2.45) is 0 Å². The number of ether oxygens (including phenoxy) is 3. The van der Waals surface area contributed by atoms with Gasteiger partial charge in [-0.05, 0) is 19.1 Å². The number of aliphatic hydroxyl groups is 1. The van der Waals surface area contributed by atoms with Gasteiger partial charge < -0.3 is 24.6 Å². The van der Waals surface area contributed by atoms with Crippen molar-refractivity contribution in [2.75, 3.05) is 33.4 Å². The Kier molecular flexibility index (Phi) is 8.23. The standard InChI is InChI=1S/C15H23NO5/c1-3-20-15(18)7-8-16-10-12(17)11-21-14-6-4-5-13(9-14)19-2/h4-6,9,12,16-17H,3,7-8,10-11H2,1-2H3. The maximum atomic E-state index is 11.1. The zero-order chi connectivity index (χ0) is 15.5. The van der Waals surface area contributed by atoms with Crippen LogP contribution < -0.4 is 14.8 Å². The number of hydrogen-bond acceptors (Lipinski definition) is 6. The van der Waals surface area contributed by atoms with Crippen LogP contribution in [0.1, 0.15) is 13.3 Å². The highest BCUT2D eigenvalue weighted by Crippen LogP contribution is 2.18. The van der Waals surface area contributed by atoms with Crippen molar-refractivity contribution >= 4 is 5.97 Å². The van der Waals surface area contributed by atoms with Crippen molar-refractivity contribution in [3.8, 4) is 11.5 Å². The van der Waals surface area contributed by atoms with E-state index in [4.69, 9.17) is 14.2 Å². The van der Waals surface area contributed by atoms with Gasteiger partial charge in [0, 0.05) is 19.2 Å². The molecule has 0 saturated heterocycles. The Morgan fingerprint density at radius 3 is 2.86 bits per heavy atom. The Morgan fingerprint density at radius 1 is 1.38 bits per heavy atom. The highest BCUT2D eigenvalue weighted by Gasteiger charge is 2.06. The fourth-order valence-corrected chi connectivity index (χ4v) is 1.63. The van der Waals surface area contributed by atoms with Crippen LogP contribution in [-0.4, -0.2) is 50.6 Å². The van der Waals surface area contributed by atoms with Crippen molar-refractivity contribution in [3.05, 3.63) is 24.3 Å². The molecule has 0 aromatic heterocycles. The van der Waals surface area contributed by atoms with E-state index in [0.29, 0.717) is 31.2 Å². The Labute approximate surface area is 125 Å². The quantitative estimate of drug-likeness (QED) is 0.495. The predicted molar refractivity (Wildman–Crippen MR) is 78.6 cm³/mol. The van der Waals surface area contributed by atoms with E-state index in [-0.39, 0.29) is 19.0 Å². The Bertz CT molecular complexity index is 424. The van der Waals surface area contributed by atoms with Gasteiger partial charge in [-0.15, -0.1) is 0 Å². The molecule has 118 valence electrons. The van der Waals surface area contributed by atoms with Crippen LogP contribution in [0.2, 0.25) is 0 Å². The molecule has 0 amide bonds. The highest BCUT2D eigenvalue weighted by molar-refractivity contribution is 5.69. The minimum absolute atomic E-state index is 0.166. The third kappa shape index (κ3) is 7.53. The first-order valence-electron chi connectivity index (χ1n) is 6.97. The number of carbonyl (C=O) groups excluding carboxylic acids is 1. The smallest absolute Gasteiger partial charge is 0.307 e. The number of benzene rings is 1. The molecule has 0 aliphatic carbocycles. The SMILES string of the molecule is CCOC(=O)CCNCC(O)COc1cccc(OC)c1. The van der Waals surface area contributed by atoms with E-state index < -0.39 is 6.10 Å². The molecule has 1 atom stereocenters.